The van der Waals surface area contributed by atoms with Gasteiger partial charge >= 0.3 is 8.80 Å². The maximum Gasteiger partial charge on any atom is 0.537 e. The molecule has 4 heteroatoms. The lowest BCUT2D eigenvalue weighted by molar-refractivity contribution is 0.000752. The highest BCUT2D eigenvalue weighted by atomic mass is 28.4. The molecular weight excluding hydrogens is 304 g/mol. The molecule has 0 fully saturated rings. The van der Waals surface area contributed by atoms with Crippen LogP contribution in [0.1, 0.15) is 66.4 Å². The molecule has 0 aromatic heterocycles. The molecule has 3 unspecified atom stereocenters. The molecule has 0 bridgehead atoms. The first-order valence-electron chi connectivity index (χ1n) is 8.97. The summed E-state index contributed by atoms with van der Waals surface area (Å²) in [7, 11) is -2.96. The van der Waals surface area contributed by atoms with Gasteiger partial charge in [0.1, 0.15) is 0 Å². The summed E-state index contributed by atoms with van der Waals surface area (Å²) in [6.45, 7) is 14.8. The first-order chi connectivity index (χ1) is 10.9. The average molecular weight is 339 g/mol. The molecule has 0 aliphatic rings. The van der Waals surface area contributed by atoms with E-state index in [4.69, 9.17) is 13.3 Å². The van der Waals surface area contributed by atoms with E-state index >= 15 is 0 Å². The fourth-order valence-corrected chi connectivity index (χ4v) is 5.54. The minimum absolute atomic E-state index is 0.107. The molecule has 1 aromatic carbocycles. The SMILES string of the molecule is CCC(C)O[Si](OC(C)CC)(OC(C)CC)c1cccc(C)c1. The Balaban J connectivity index is 3.30. The highest BCUT2D eigenvalue weighted by molar-refractivity contribution is 6.75. The molecule has 0 saturated carbocycles. The third-order valence-corrected chi connectivity index (χ3v) is 7.32. The predicted molar refractivity (Wildman–Crippen MR) is 99.1 cm³/mol. The second kappa shape index (κ2) is 9.57. The maximum atomic E-state index is 6.47. The highest BCUT2D eigenvalue weighted by Crippen LogP contribution is 2.21. The van der Waals surface area contributed by atoms with Crippen LogP contribution in [0.4, 0.5) is 0 Å². The summed E-state index contributed by atoms with van der Waals surface area (Å²) in [5.41, 5.74) is 1.20. The Bertz CT molecular complexity index is 432. The van der Waals surface area contributed by atoms with Gasteiger partial charge in [0.05, 0.1) is 0 Å². The highest BCUT2D eigenvalue weighted by Gasteiger charge is 2.47. The zero-order valence-electron chi connectivity index (χ0n) is 15.9. The number of rotatable bonds is 10. The van der Waals surface area contributed by atoms with Gasteiger partial charge in [-0.2, -0.15) is 0 Å². The Labute approximate surface area is 143 Å². The molecule has 3 nitrogen and oxygen atoms in total. The van der Waals surface area contributed by atoms with Gasteiger partial charge in [0.25, 0.3) is 0 Å². The van der Waals surface area contributed by atoms with Crippen LogP contribution in [-0.4, -0.2) is 27.1 Å². The zero-order valence-corrected chi connectivity index (χ0v) is 16.9. The van der Waals surface area contributed by atoms with Crippen molar-refractivity contribution in [1.82, 2.24) is 0 Å². The molecule has 1 rings (SSSR count). The van der Waals surface area contributed by atoms with Crippen LogP contribution in [-0.2, 0) is 13.3 Å². The Kier molecular flexibility index (Phi) is 8.48. The van der Waals surface area contributed by atoms with Crippen LogP contribution in [0.5, 0.6) is 0 Å². The van der Waals surface area contributed by atoms with E-state index in [0.29, 0.717) is 0 Å². The maximum absolute atomic E-state index is 6.47. The van der Waals surface area contributed by atoms with E-state index < -0.39 is 8.80 Å². The second-order valence-electron chi connectivity index (χ2n) is 6.44. The van der Waals surface area contributed by atoms with E-state index in [9.17, 15) is 0 Å². The predicted octanol–water partition coefficient (Wildman–Crippen LogP) is 4.59. The van der Waals surface area contributed by atoms with E-state index in [1.54, 1.807) is 0 Å². The molecule has 132 valence electrons. The molecule has 1 aromatic rings. The van der Waals surface area contributed by atoms with Crippen LogP contribution in [0.15, 0.2) is 24.3 Å². The molecular formula is C19H34O3Si. The van der Waals surface area contributed by atoms with Crippen LogP contribution in [0, 0.1) is 6.92 Å². The van der Waals surface area contributed by atoms with Crippen molar-refractivity contribution in [3.63, 3.8) is 0 Å². The monoisotopic (exact) mass is 338 g/mol. The summed E-state index contributed by atoms with van der Waals surface area (Å²) < 4.78 is 19.4. The van der Waals surface area contributed by atoms with Crippen molar-refractivity contribution in [3.8, 4) is 0 Å². The van der Waals surface area contributed by atoms with E-state index in [1.165, 1.54) is 5.56 Å². The van der Waals surface area contributed by atoms with Crippen molar-refractivity contribution < 1.29 is 13.3 Å². The summed E-state index contributed by atoms with van der Waals surface area (Å²) >= 11 is 0. The number of hydrogen-bond donors (Lipinski definition) is 0. The molecule has 0 spiro atoms. The van der Waals surface area contributed by atoms with Gasteiger partial charge in [-0.15, -0.1) is 0 Å². The summed E-state index contributed by atoms with van der Waals surface area (Å²) in [5, 5.41) is 1.07. The molecule has 0 N–H and O–H groups in total. The van der Waals surface area contributed by atoms with E-state index in [2.05, 4.69) is 72.7 Å². The van der Waals surface area contributed by atoms with Gasteiger partial charge in [-0.3, -0.25) is 0 Å². The Morgan fingerprint density at radius 1 is 0.826 bits per heavy atom. The third kappa shape index (κ3) is 6.03. The Hall–Kier alpha value is -0.683. The van der Waals surface area contributed by atoms with Crippen molar-refractivity contribution in [2.75, 3.05) is 0 Å². The van der Waals surface area contributed by atoms with Gasteiger partial charge in [-0.1, -0.05) is 50.6 Å². The van der Waals surface area contributed by atoms with Gasteiger partial charge in [-0.05, 0) is 47.0 Å². The minimum atomic E-state index is -2.96. The summed E-state index contributed by atoms with van der Waals surface area (Å²) in [6.07, 6.45) is 3.14. The van der Waals surface area contributed by atoms with Crippen molar-refractivity contribution in [1.29, 1.82) is 0 Å². The standard InChI is InChI=1S/C19H34O3Si/c1-8-16(5)20-23(21-17(6)9-2,22-18(7)10-3)19-13-11-12-15(4)14-19/h11-14,16-18H,8-10H2,1-7H3. The normalized spacial score (nSPS) is 18.2. The summed E-state index contributed by atoms with van der Waals surface area (Å²) in [4.78, 5) is 0. The lowest BCUT2D eigenvalue weighted by Crippen LogP contribution is -2.60. The fraction of sp³-hybridized carbons (Fsp3) is 0.684. The average Bonchev–Trinajstić information content (AvgIpc) is 2.54. The number of benzene rings is 1. The third-order valence-electron chi connectivity index (χ3n) is 4.17. The number of hydrogen-bond acceptors (Lipinski definition) is 3. The fourth-order valence-electron chi connectivity index (χ4n) is 2.17. The van der Waals surface area contributed by atoms with Crippen LogP contribution in [0.2, 0.25) is 0 Å². The Morgan fingerprint density at radius 3 is 1.61 bits per heavy atom. The first-order valence-corrected chi connectivity index (χ1v) is 10.7. The zero-order chi connectivity index (χ0) is 17.5. The van der Waals surface area contributed by atoms with Crippen molar-refractivity contribution >= 4 is 14.0 Å². The van der Waals surface area contributed by atoms with Gasteiger partial charge < -0.3 is 13.3 Å². The van der Waals surface area contributed by atoms with E-state index in [-0.39, 0.29) is 18.3 Å². The molecule has 0 radical (unpaired) electrons. The molecule has 0 aliphatic heterocycles. The van der Waals surface area contributed by atoms with Crippen LogP contribution in [0.25, 0.3) is 0 Å². The van der Waals surface area contributed by atoms with Crippen LogP contribution in [0.3, 0.4) is 0 Å². The van der Waals surface area contributed by atoms with E-state index in [1.807, 2.05) is 0 Å². The minimum Gasteiger partial charge on any atom is -0.367 e. The van der Waals surface area contributed by atoms with Crippen molar-refractivity contribution in [2.45, 2.75) is 86.0 Å². The molecule has 23 heavy (non-hydrogen) atoms. The molecule has 0 amide bonds. The van der Waals surface area contributed by atoms with Crippen molar-refractivity contribution in [3.05, 3.63) is 29.8 Å². The molecule has 0 saturated heterocycles. The summed E-state index contributed by atoms with van der Waals surface area (Å²) in [6, 6.07) is 8.40. The molecule has 0 heterocycles. The largest absolute Gasteiger partial charge is 0.537 e. The van der Waals surface area contributed by atoms with Crippen molar-refractivity contribution in [2.24, 2.45) is 0 Å². The van der Waals surface area contributed by atoms with Gasteiger partial charge in [-0.25, -0.2) is 0 Å². The Morgan fingerprint density at radius 2 is 1.26 bits per heavy atom. The van der Waals surface area contributed by atoms with Crippen LogP contribution >= 0.6 is 0 Å². The molecule has 0 aliphatic carbocycles. The topological polar surface area (TPSA) is 27.7 Å². The molecule has 3 atom stereocenters. The van der Waals surface area contributed by atoms with Gasteiger partial charge in [0.2, 0.25) is 0 Å². The van der Waals surface area contributed by atoms with Gasteiger partial charge in [0.15, 0.2) is 0 Å². The van der Waals surface area contributed by atoms with E-state index in [0.717, 1.165) is 24.4 Å². The van der Waals surface area contributed by atoms with Crippen LogP contribution < -0.4 is 5.19 Å². The number of aryl methyl sites for hydroxylation is 1. The smallest absolute Gasteiger partial charge is 0.367 e. The van der Waals surface area contributed by atoms with Gasteiger partial charge in [0, 0.05) is 23.5 Å². The summed E-state index contributed by atoms with van der Waals surface area (Å²) in [5.74, 6) is 0. The lowest BCUT2D eigenvalue weighted by atomic mass is 10.2. The quantitative estimate of drug-likeness (QED) is 0.584. The lowest BCUT2D eigenvalue weighted by Gasteiger charge is -2.36. The first kappa shape index (κ1) is 20.4. The second-order valence-corrected chi connectivity index (χ2v) is 8.83.